The number of aliphatic hydroxyl groups excluding tert-OH is 2. The second-order valence-electron chi connectivity index (χ2n) is 8.88. The molecule has 1 aromatic rings. The lowest BCUT2D eigenvalue weighted by Gasteiger charge is -2.18. The number of amides is 1. The third-order valence-corrected chi connectivity index (χ3v) is 6.44. The van der Waals surface area contributed by atoms with Crippen LogP contribution in [0.15, 0.2) is 36.4 Å². The Balaban J connectivity index is 1.66. The van der Waals surface area contributed by atoms with Crippen molar-refractivity contribution in [3.63, 3.8) is 0 Å². The number of benzene rings is 1. The van der Waals surface area contributed by atoms with E-state index in [1.165, 1.54) is 0 Å². The number of rotatable bonds is 14. The van der Waals surface area contributed by atoms with Crippen molar-refractivity contribution < 1.29 is 19.8 Å². The van der Waals surface area contributed by atoms with Gasteiger partial charge in [0.25, 0.3) is 0 Å². The summed E-state index contributed by atoms with van der Waals surface area (Å²) in [5.74, 6) is -0.259. The Morgan fingerprint density at radius 3 is 2.59 bits per heavy atom. The maximum Gasteiger partial charge on any atom is 0.224 e. The van der Waals surface area contributed by atoms with Gasteiger partial charge in [0, 0.05) is 35.4 Å². The molecule has 0 saturated heterocycles. The molecular weight excluding hydrogens is 426 g/mol. The van der Waals surface area contributed by atoms with Crippen LogP contribution >= 0.6 is 11.6 Å². The predicted molar refractivity (Wildman–Crippen MR) is 130 cm³/mol. The Hall–Kier alpha value is -1.69. The number of carbonyl (C=O) groups is 2. The van der Waals surface area contributed by atoms with E-state index < -0.39 is 12.2 Å². The fraction of sp³-hybridized carbons (Fsp3) is 0.615. The van der Waals surface area contributed by atoms with E-state index in [0.717, 1.165) is 63.5 Å². The molecule has 1 aliphatic rings. The van der Waals surface area contributed by atoms with E-state index in [9.17, 15) is 19.8 Å². The molecular formula is C26H38ClNO4. The van der Waals surface area contributed by atoms with Gasteiger partial charge in [-0.1, -0.05) is 69.2 Å². The highest BCUT2D eigenvalue weighted by Crippen LogP contribution is 2.34. The minimum atomic E-state index is -0.650. The highest BCUT2D eigenvalue weighted by atomic mass is 35.5. The number of unbranched alkanes of at least 4 members (excludes halogenated alkanes) is 5. The van der Waals surface area contributed by atoms with Gasteiger partial charge in [0.05, 0.1) is 12.2 Å². The van der Waals surface area contributed by atoms with Gasteiger partial charge in [0.15, 0.2) is 0 Å². The smallest absolute Gasteiger partial charge is 0.224 e. The number of hydrogen-bond acceptors (Lipinski definition) is 4. The van der Waals surface area contributed by atoms with Gasteiger partial charge in [-0.3, -0.25) is 9.59 Å². The van der Waals surface area contributed by atoms with Crippen molar-refractivity contribution in [1.82, 2.24) is 0 Å². The van der Waals surface area contributed by atoms with Crippen LogP contribution in [0.5, 0.6) is 0 Å². The molecule has 3 N–H and O–H groups in total. The number of nitrogens with one attached hydrogen (secondary N) is 1. The SMILES string of the molecule is CCCCCC(O)/C=C/[C@H]1[C@H](O)CC(=O)[C@@H]1CCCCCCC(=O)Nc1ccc(Cl)cc1. The Morgan fingerprint density at radius 2 is 1.88 bits per heavy atom. The van der Waals surface area contributed by atoms with Gasteiger partial charge in [0.1, 0.15) is 5.78 Å². The lowest BCUT2D eigenvalue weighted by atomic mass is 9.88. The van der Waals surface area contributed by atoms with Crippen LogP contribution in [0.3, 0.4) is 0 Å². The summed E-state index contributed by atoms with van der Waals surface area (Å²) in [6, 6.07) is 7.05. The average Bonchev–Trinajstić information content (AvgIpc) is 3.03. The highest BCUT2D eigenvalue weighted by molar-refractivity contribution is 6.30. The molecule has 0 aromatic heterocycles. The topological polar surface area (TPSA) is 86.6 Å². The van der Waals surface area contributed by atoms with Gasteiger partial charge in [-0.2, -0.15) is 0 Å². The molecule has 1 saturated carbocycles. The number of Topliss-reactive ketones (excluding diaryl/α,β-unsaturated/α-hetero) is 1. The predicted octanol–water partition coefficient (Wildman–Crippen LogP) is 5.68. The zero-order chi connectivity index (χ0) is 23.3. The number of halogens is 1. The molecule has 1 aromatic carbocycles. The number of hydrogen-bond donors (Lipinski definition) is 3. The Morgan fingerprint density at radius 1 is 1.16 bits per heavy atom. The van der Waals surface area contributed by atoms with E-state index in [4.69, 9.17) is 11.6 Å². The fourth-order valence-electron chi connectivity index (χ4n) is 4.31. The molecule has 5 nitrogen and oxygen atoms in total. The largest absolute Gasteiger partial charge is 0.392 e. The van der Waals surface area contributed by atoms with Crippen molar-refractivity contribution in [1.29, 1.82) is 0 Å². The second-order valence-corrected chi connectivity index (χ2v) is 9.31. The molecule has 0 bridgehead atoms. The molecule has 4 atom stereocenters. The Kier molecular flexibility index (Phi) is 12.0. The van der Waals surface area contributed by atoms with Crippen molar-refractivity contribution in [3.8, 4) is 0 Å². The van der Waals surface area contributed by atoms with E-state index in [-0.39, 0.29) is 29.9 Å². The summed E-state index contributed by atoms with van der Waals surface area (Å²) in [6.07, 6.45) is 11.3. The maximum absolute atomic E-state index is 12.3. The van der Waals surface area contributed by atoms with Crippen LogP contribution in [0, 0.1) is 11.8 Å². The number of aliphatic hydroxyl groups is 2. The average molecular weight is 464 g/mol. The van der Waals surface area contributed by atoms with E-state index in [1.54, 1.807) is 30.3 Å². The first kappa shape index (κ1) is 26.6. The molecule has 1 amide bonds. The van der Waals surface area contributed by atoms with Crippen molar-refractivity contribution in [2.24, 2.45) is 11.8 Å². The van der Waals surface area contributed by atoms with Gasteiger partial charge >= 0.3 is 0 Å². The monoisotopic (exact) mass is 463 g/mol. The quantitative estimate of drug-likeness (QED) is 0.244. The summed E-state index contributed by atoms with van der Waals surface area (Å²) >= 11 is 5.85. The Labute approximate surface area is 197 Å². The van der Waals surface area contributed by atoms with Crippen LogP contribution in [-0.4, -0.2) is 34.1 Å². The molecule has 0 heterocycles. The van der Waals surface area contributed by atoms with E-state index >= 15 is 0 Å². The standard InChI is InChI=1S/C26H38ClNO4/c1-2-3-6-9-21(29)16-17-23-22(24(30)18-25(23)31)10-7-4-5-8-11-26(32)28-20-14-12-19(27)13-15-20/h12-17,21-23,25,29,31H,2-11,18H2,1H3,(H,28,32)/b17-16+/t21?,22-,23-,25-/m1/s1. The van der Waals surface area contributed by atoms with Gasteiger partial charge in [-0.05, 0) is 43.5 Å². The fourth-order valence-corrected chi connectivity index (χ4v) is 4.43. The summed E-state index contributed by atoms with van der Waals surface area (Å²) in [7, 11) is 0. The molecule has 6 heteroatoms. The van der Waals surface area contributed by atoms with Crippen LogP contribution < -0.4 is 5.32 Å². The number of anilines is 1. The number of carbonyl (C=O) groups excluding carboxylic acids is 2. The van der Waals surface area contributed by atoms with Crippen LogP contribution in [0.25, 0.3) is 0 Å². The second kappa shape index (κ2) is 14.5. The van der Waals surface area contributed by atoms with Gasteiger partial charge in [-0.15, -0.1) is 0 Å². The first-order valence-corrected chi connectivity index (χ1v) is 12.4. The molecule has 1 fully saturated rings. The minimum Gasteiger partial charge on any atom is -0.392 e. The summed E-state index contributed by atoms with van der Waals surface area (Å²) in [4.78, 5) is 24.4. The lowest BCUT2D eigenvalue weighted by Crippen LogP contribution is -2.19. The Bertz CT molecular complexity index is 734. The van der Waals surface area contributed by atoms with Crippen LogP contribution in [0.1, 0.15) is 77.6 Å². The molecule has 178 valence electrons. The van der Waals surface area contributed by atoms with Gasteiger partial charge < -0.3 is 15.5 Å². The molecule has 1 aliphatic carbocycles. The third-order valence-electron chi connectivity index (χ3n) is 6.19. The molecule has 0 aliphatic heterocycles. The molecule has 32 heavy (non-hydrogen) atoms. The summed E-state index contributed by atoms with van der Waals surface area (Å²) < 4.78 is 0. The van der Waals surface area contributed by atoms with E-state index in [1.807, 2.05) is 6.08 Å². The minimum absolute atomic E-state index is 0.0101. The van der Waals surface area contributed by atoms with E-state index in [2.05, 4.69) is 12.2 Å². The lowest BCUT2D eigenvalue weighted by molar-refractivity contribution is -0.121. The van der Waals surface area contributed by atoms with Crippen LogP contribution in [0.2, 0.25) is 5.02 Å². The highest BCUT2D eigenvalue weighted by Gasteiger charge is 2.39. The number of ketones is 1. The molecule has 2 rings (SSSR count). The van der Waals surface area contributed by atoms with Gasteiger partial charge in [0.2, 0.25) is 5.91 Å². The summed E-state index contributed by atoms with van der Waals surface area (Å²) in [6.45, 7) is 2.13. The van der Waals surface area contributed by atoms with E-state index in [0.29, 0.717) is 11.4 Å². The molecule has 0 spiro atoms. The first-order valence-electron chi connectivity index (χ1n) is 12.0. The molecule has 1 unspecified atom stereocenters. The van der Waals surface area contributed by atoms with Gasteiger partial charge in [-0.25, -0.2) is 0 Å². The van der Waals surface area contributed by atoms with Crippen molar-refractivity contribution in [2.75, 3.05) is 5.32 Å². The maximum atomic E-state index is 12.3. The normalized spacial score (nSPS) is 21.9. The van der Waals surface area contributed by atoms with Crippen LogP contribution in [0.4, 0.5) is 5.69 Å². The zero-order valence-electron chi connectivity index (χ0n) is 19.1. The third kappa shape index (κ3) is 9.43. The summed E-state index contributed by atoms with van der Waals surface area (Å²) in [5, 5.41) is 23.9. The summed E-state index contributed by atoms with van der Waals surface area (Å²) in [5.41, 5.74) is 0.743. The first-order chi connectivity index (χ1) is 15.4. The van der Waals surface area contributed by atoms with Crippen molar-refractivity contribution in [3.05, 3.63) is 41.4 Å². The van der Waals surface area contributed by atoms with Crippen molar-refractivity contribution in [2.45, 2.75) is 89.8 Å². The molecule has 0 radical (unpaired) electrons. The van der Waals surface area contributed by atoms with Crippen molar-refractivity contribution >= 4 is 29.0 Å². The van der Waals surface area contributed by atoms with Crippen LogP contribution in [-0.2, 0) is 9.59 Å². The zero-order valence-corrected chi connectivity index (χ0v) is 19.9.